The number of ether oxygens (including phenoxy) is 1. The van der Waals surface area contributed by atoms with Gasteiger partial charge in [0, 0.05) is 5.57 Å². The molecule has 0 aliphatic carbocycles. The minimum atomic E-state index is -0.593. The van der Waals surface area contributed by atoms with Gasteiger partial charge in [0.1, 0.15) is 11.6 Å². The first-order chi connectivity index (χ1) is 10.1. The van der Waals surface area contributed by atoms with Crippen molar-refractivity contribution < 1.29 is 4.74 Å². The summed E-state index contributed by atoms with van der Waals surface area (Å²) in [7, 11) is 0. The molecule has 1 aromatic heterocycles. The molecule has 6 heteroatoms. The standard InChI is InChI=1S/C15H14N4OS/c1-3-11(9-16)5-6-12(4-2)20-13-7-8-14(18-10-13)19-15(17)21/h2-3,5-8,10,12H,1H3,(H3,17,18,19,21)/b6-5-,11-3+. The van der Waals surface area contributed by atoms with E-state index in [0.29, 0.717) is 17.1 Å². The first-order valence-corrected chi connectivity index (χ1v) is 6.39. The fourth-order valence-corrected chi connectivity index (χ4v) is 1.42. The van der Waals surface area contributed by atoms with E-state index in [0.717, 1.165) is 0 Å². The lowest BCUT2D eigenvalue weighted by Crippen LogP contribution is -2.19. The second-order valence-electron chi connectivity index (χ2n) is 3.79. The van der Waals surface area contributed by atoms with Crippen molar-refractivity contribution in [2.24, 2.45) is 5.73 Å². The lowest BCUT2D eigenvalue weighted by Gasteiger charge is -2.10. The molecule has 0 spiro atoms. The van der Waals surface area contributed by atoms with E-state index < -0.39 is 6.10 Å². The highest BCUT2D eigenvalue weighted by Gasteiger charge is 2.04. The number of hydrogen-bond donors (Lipinski definition) is 2. The first kappa shape index (κ1) is 16.2. The summed E-state index contributed by atoms with van der Waals surface area (Å²) in [6.45, 7) is 1.77. The van der Waals surface area contributed by atoms with Crippen molar-refractivity contribution >= 4 is 23.1 Å². The van der Waals surface area contributed by atoms with Gasteiger partial charge >= 0.3 is 0 Å². The van der Waals surface area contributed by atoms with Crippen molar-refractivity contribution in [2.45, 2.75) is 13.0 Å². The zero-order chi connectivity index (χ0) is 15.7. The monoisotopic (exact) mass is 298 g/mol. The molecule has 0 fully saturated rings. The molecule has 0 saturated carbocycles. The fraction of sp³-hybridized carbons (Fsp3) is 0.133. The van der Waals surface area contributed by atoms with Crippen molar-refractivity contribution in [1.29, 1.82) is 5.26 Å². The summed E-state index contributed by atoms with van der Waals surface area (Å²) in [5.41, 5.74) is 5.85. The third-order valence-electron chi connectivity index (χ3n) is 2.31. The van der Waals surface area contributed by atoms with E-state index in [2.05, 4.69) is 16.2 Å². The Hall–Kier alpha value is -2.83. The van der Waals surface area contributed by atoms with Crippen LogP contribution in [0.2, 0.25) is 0 Å². The second-order valence-corrected chi connectivity index (χ2v) is 4.23. The van der Waals surface area contributed by atoms with Crippen molar-refractivity contribution in [1.82, 2.24) is 4.98 Å². The minimum Gasteiger partial charge on any atom is -0.472 e. The van der Waals surface area contributed by atoms with Crippen LogP contribution in [0.4, 0.5) is 5.82 Å². The van der Waals surface area contributed by atoms with Gasteiger partial charge < -0.3 is 15.8 Å². The van der Waals surface area contributed by atoms with Gasteiger partial charge in [-0.2, -0.15) is 5.26 Å². The molecule has 0 radical (unpaired) electrons. The lowest BCUT2D eigenvalue weighted by molar-refractivity contribution is 0.304. The van der Waals surface area contributed by atoms with Crippen LogP contribution in [0.5, 0.6) is 5.75 Å². The van der Waals surface area contributed by atoms with Gasteiger partial charge in [0.2, 0.25) is 0 Å². The molecule has 1 aromatic rings. The highest BCUT2D eigenvalue weighted by Crippen LogP contribution is 2.14. The highest BCUT2D eigenvalue weighted by atomic mass is 32.1. The number of hydrogen-bond acceptors (Lipinski definition) is 4. The van der Waals surface area contributed by atoms with Crippen LogP contribution < -0.4 is 15.8 Å². The third kappa shape index (κ3) is 5.77. The van der Waals surface area contributed by atoms with Crippen molar-refractivity contribution in [3.8, 4) is 24.2 Å². The van der Waals surface area contributed by atoms with Crippen LogP contribution in [0.3, 0.4) is 0 Å². The predicted octanol–water partition coefficient (Wildman–Crippen LogP) is 2.14. The molecule has 0 aromatic carbocycles. The smallest absolute Gasteiger partial charge is 0.177 e. The molecule has 0 bridgehead atoms. The number of nitrogens with two attached hydrogens (primary N) is 1. The number of anilines is 1. The molecule has 21 heavy (non-hydrogen) atoms. The normalized spacial score (nSPS) is 12.2. The maximum Gasteiger partial charge on any atom is 0.177 e. The van der Waals surface area contributed by atoms with Crippen LogP contribution in [0, 0.1) is 23.7 Å². The molecular weight excluding hydrogens is 284 g/mol. The Morgan fingerprint density at radius 1 is 1.62 bits per heavy atom. The first-order valence-electron chi connectivity index (χ1n) is 5.99. The van der Waals surface area contributed by atoms with E-state index in [4.69, 9.17) is 34.4 Å². The second kappa shape index (κ2) is 8.36. The molecule has 0 aliphatic rings. The van der Waals surface area contributed by atoms with E-state index >= 15 is 0 Å². The number of pyridine rings is 1. The van der Waals surface area contributed by atoms with E-state index in [1.165, 1.54) is 6.20 Å². The largest absolute Gasteiger partial charge is 0.472 e. The van der Waals surface area contributed by atoms with Crippen molar-refractivity contribution in [3.05, 3.63) is 42.1 Å². The maximum absolute atomic E-state index is 8.80. The Labute approximate surface area is 129 Å². The summed E-state index contributed by atoms with van der Waals surface area (Å²) >= 11 is 4.71. The van der Waals surface area contributed by atoms with Gasteiger partial charge in [0.05, 0.1) is 12.3 Å². The molecule has 0 saturated heterocycles. The molecule has 5 nitrogen and oxygen atoms in total. The SMILES string of the molecule is C#CC(/C=C\C(C#N)=C/C)Oc1ccc(NC(N)=S)nc1. The zero-order valence-corrected chi connectivity index (χ0v) is 12.2. The Balaban J connectivity index is 2.72. The molecule has 1 rings (SSSR count). The number of thiocarbonyl (C=S) groups is 1. The molecule has 0 amide bonds. The van der Waals surface area contributed by atoms with Crippen LogP contribution >= 0.6 is 12.2 Å². The summed E-state index contributed by atoms with van der Waals surface area (Å²) < 4.78 is 5.55. The molecule has 0 aliphatic heterocycles. The summed E-state index contributed by atoms with van der Waals surface area (Å²) in [5, 5.41) is 11.6. The summed E-state index contributed by atoms with van der Waals surface area (Å²) in [6, 6.07) is 5.38. The average molecular weight is 298 g/mol. The Bertz CT molecular complexity index is 635. The third-order valence-corrected chi connectivity index (χ3v) is 2.41. The Kier molecular flexibility index (Phi) is 6.46. The fourth-order valence-electron chi connectivity index (χ4n) is 1.31. The van der Waals surface area contributed by atoms with Crippen LogP contribution in [0.15, 0.2) is 42.1 Å². The van der Waals surface area contributed by atoms with Gasteiger partial charge in [-0.3, -0.25) is 0 Å². The van der Waals surface area contributed by atoms with Gasteiger partial charge in [-0.05, 0) is 43.4 Å². The quantitative estimate of drug-likeness (QED) is 0.375. The summed E-state index contributed by atoms with van der Waals surface area (Å²) in [6.07, 6.45) is 11.2. The number of terminal acetylenes is 1. The minimum absolute atomic E-state index is 0.135. The molecule has 1 heterocycles. The van der Waals surface area contributed by atoms with Crippen LogP contribution in [-0.2, 0) is 0 Å². The number of nitriles is 1. The topological polar surface area (TPSA) is 84.0 Å². The van der Waals surface area contributed by atoms with Crippen LogP contribution in [0.1, 0.15) is 6.92 Å². The Morgan fingerprint density at radius 3 is 2.86 bits per heavy atom. The zero-order valence-electron chi connectivity index (χ0n) is 11.4. The van der Waals surface area contributed by atoms with Gasteiger partial charge in [0.15, 0.2) is 11.2 Å². The summed E-state index contributed by atoms with van der Waals surface area (Å²) in [5.74, 6) is 3.48. The molecule has 1 unspecified atom stereocenters. The van der Waals surface area contributed by atoms with E-state index in [1.807, 2.05) is 6.07 Å². The molecule has 106 valence electrons. The molecule has 3 N–H and O–H groups in total. The number of nitrogens with zero attached hydrogens (tertiary/aromatic N) is 2. The summed E-state index contributed by atoms with van der Waals surface area (Å²) in [4.78, 5) is 4.07. The number of nitrogens with one attached hydrogen (secondary N) is 1. The van der Waals surface area contributed by atoms with Gasteiger partial charge in [-0.25, -0.2) is 4.98 Å². The molecular formula is C15H14N4OS. The van der Waals surface area contributed by atoms with Gasteiger partial charge in [0.25, 0.3) is 0 Å². The van der Waals surface area contributed by atoms with E-state index in [1.54, 1.807) is 37.3 Å². The van der Waals surface area contributed by atoms with E-state index in [9.17, 15) is 0 Å². The maximum atomic E-state index is 8.80. The molecule has 1 atom stereocenters. The van der Waals surface area contributed by atoms with Gasteiger partial charge in [-0.15, -0.1) is 6.42 Å². The number of rotatable bonds is 5. The van der Waals surface area contributed by atoms with Gasteiger partial charge in [-0.1, -0.05) is 12.0 Å². The Morgan fingerprint density at radius 2 is 2.38 bits per heavy atom. The number of allylic oxidation sites excluding steroid dienone is 3. The van der Waals surface area contributed by atoms with Crippen molar-refractivity contribution in [3.63, 3.8) is 0 Å². The van der Waals surface area contributed by atoms with Crippen molar-refractivity contribution in [2.75, 3.05) is 5.32 Å². The van der Waals surface area contributed by atoms with Crippen LogP contribution in [0.25, 0.3) is 0 Å². The van der Waals surface area contributed by atoms with E-state index in [-0.39, 0.29) is 5.11 Å². The lowest BCUT2D eigenvalue weighted by atomic mass is 10.2. The van der Waals surface area contributed by atoms with Crippen LogP contribution in [-0.4, -0.2) is 16.2 Å². The highest BCUT2D eigenvalue weighted by molar-refractivity contribution is 7.80. The number of aromatic nitrogens is 1. The average Bonchev–Trinajstić information content (AvgIpc) is 2.48. The predicted molar refractivity (Wildman–Crippen MR) is 86.4 cm³/mol.